The molecule has 0 spiro atoms. The van der Waals surface area contributed by atoms with Crippen molar-refractivity contribution in [2.45, 2.75) is 187 Å². The maximum absolute atomic E-state index is 12.1. The fourth-order valence-corrected chi connectivity index (χ4v) is 5.45. The van der Waals surface area contributed by atoms with Crippen LogP contribution in [-0.4, -0.2) is 48.6 Å². The van der Waals surface area contributed by atoms with E-state index >= 15 is 0 Å². The van der Waals surface area contributed by atoms with Crippen LogP contribution in [0.5, 0.6) is 0 Å². The van der Waals surface area contributed by atoms with Crippen molar-refractivity contribution >= 4 is 11.9 Å². The molecule has 6 nitrogen and oxygen atoms in total. The zero-order chi connectivity index (χ0) is 33.5. The Morgan fingerprint density at radius 3 is 1.91 bits per heavy atom. The molecule has 1 saturated heterocycles. The van der Waals surface area contributed by atoms with E-state index in [4.69, 9.17) is 14.2 Å². The van der Waals surface area contributed by atoms with E-state index in [1.165, 1.54) is 83.5 Å². The Morgan fingerprint density at radius 2 is 1.26 bits per heavy atom. The fraction of sp³-hybridized carbons (Fsp3) is 0.800. The van der Waals surface area contributed by atoms with Crippen LogP contribution in [0.1, 0.15) is 168 Å². The molecule has 0 aromatic carbocycles. The monoisotopic (exact) mass is 647 g/mol. The van der Waals surface area contributed by atoms with Crippen LogP contribution in [0, 0.1) is 5.92 Å². The van der Waals surface area contributed by atoms with Crippen LogP contribution in [0.25, 0.3) is 0 Å². The molecule has 0 aromatic heterocycles. The Labute approximate surface area is 282 Å². The molecule has 1 fully saturated rings. The molecule has 3 unspecified atom stereocenters. The number of carbonyl (C=O) groups excluding carboxylic acids is 2. The lowest BCUT2D eigenvalue weighted by Gasteiger charge is -2.15. The van der Waals surface area contributed by atoms with Crippen molar-refractivity contribution in [2.75, 3.05) is 13.2 Å². The highest BCUT2D eigenvalue weighted by atomic mass is 16.6. The number of rotatable bonds is 32. The Kier molecular flexibility index (Phi) is 27.8. The first-order valence-corrected chi connectivity index (χ1v) is 19.1. The minimum Gasteiger partial charge on any atom is -0.462 e. The molecule has 266 valence electrons. The van der Waals surface area contributed by atoms with Crippen molar-refractivity contribution in [2.24, 2.45) is 5.92 Å². The Morgan fingerprint density at radius 1 is 0.696 bits per heavy atom. The molecule has 0 bridgehead atoms. The number of aliphatic hydroxyl groups excluding tert-OH is 1. The van der Waals surface area contributed by atoms with Crippen molar-refractivity contribution in [1.29, 1.82) is 0 Å². The molecule has 0 amide bonds. The van der Waals surface area contributed by atoms with Crippen LogP contribution in [-0.2, 0) is 23.8 Å². The molecule has 0 radical (unpaired) electrons. The number of unbranched alkanes of at least 4 members (excludes halogenated alkanes) is 13. The molecule has 6 heteroatoms. The second-order valence-corrected chi connectivity index (χ2v) is 13.3. The normalized spacial score (nSPS) is 17.7. The minimum atomic E-state index is -0.802. The molecule has 1 aliphatic heterocycles. The maximum atomic E-state index is 12.1. The molecule has 1 rings (SSSR count). The number of hydrogen-bond acceptors (Lipinski definition) is 6. The Hall–Kier alpha value is -1.92. The number of esters is 2. The zero-order valence-corrected chi connectivity index (χ0v) is 29.9. The second-order valence-electron chi connectivity index (χ2n) is 13.3. The van der Waals surface area contributed by atoms with Gasteiger partial charge in [-0.2, -0.15) is 0 Å². The predicted molar refractivity (Wildman–Crippen MR) is 191 cm³/mol. The average Bonchev–Trinajstić information content (AvgIpc) is 3.81. The molecule has 0 saturated carbocycles. The van der Waals surface area contributed by atoms with Crippen LogP contribution in [0.2, 0.25) is 0 Å². The van der Waals surface area contributed by atoms with Crippen LogP contribution in [0.3, 0.4) is 0 Å². The van der Waals surface area contributed by atoms with Gasteiger partial charge < -0.3 is 19.3 Å². The average molecular weight is 647 g/mol. The highest BCUT2D eigenvalue weighted by Crippen LogP contribution is 2.29. The first kappa shape index (κ1) is 42.1. The van der Waals surface area contributed by atoms with Gasteiger partial charge in [0, 0.05) is 12.8 Å². The van der Waals surface area contributed by atoms with Gasteiger partial charge in [0.2, 0.25) is 0 Å². The van der Waals surface area contributed by atoms with Crippen LogP contribution < -0.4 is 0 Å². The van der Waals surface area contributed by atoms with Crippen LogP contribution in [0.4, 0.5) is 0 Å². The summed E-state index contributed by atoms with van der Waals surface area (Å²) in [6.45, 7) is 6.41. The zero-order valence-electron chi connectivity index (χ0n) is 29.9. The van der Waals surface area contributed by atoms with Crippen molar-refractivity contribution in [3.05, 3.63) is 36.5 Å². The van der Waals surface area contributed by atoms with E-state index in [1.54, 1.807) is 0 Å². The summed E-state index contributed by atoms with van der Waals surface area (Å²) >= 11 is 0. The quantitative estimate of drug-likeness (QED) is 0.0339. The SMILES string of the molecule is CCCCC/C=C\CC1OC1C/C=C\C/C=C\CCCC(=O)O[C@@H](CO)COC(=O)CCCCCCCCCCCCC(C)CC. The number of carbonyl (C=O) groups is 2. The van der Waals surface area contributed by atoms with E-state index in [9.17, 15) is 14.7 Å². The first-order chi connectivity index (χ1) is 22.5. The van der Waals surface area contributed by atoms with Gasteiger partial charge >= 0.3 is 11.9 Å². The van der Waals surface area contributed by atoms with Crippen molar-refractivity contribution < 1.29 is 28.9 Å². The van der Waals surface area contributed by atoms with Gasteiger partial charge in [-0.1, -0.05) is 141 Å². The third kappa shape index (κ3) is 26.2. The lowest BCUT2D eigenvalue weighted by molar-refractivity contribution is -0.161. The standard InChI is InChI=1S/C40H70O6/c1-4-6-7-8-19-24-29-37-38(46-37)30-25-20-15-13-17-22-27-32-40(43)45-36(33-41)34-44-39(42)31-26-21-16-12-10-9-11-14-18-23-28-35(3)5-2/h13,17,19-20,24-25,35-38,41H,4-12,14-16,18,21-23,26-34H2,1-3H3/b17-13-,24-19-,25-20-/t35?,36-,37?,38?/m0/s1. The topological polar surface area (TPSA) is 85.4 Å². The third-order valence-corrected chi connectivity index (χ3v) is 8.88. The maximum Gasteiger partial charge on any atom is 0.306 e. The van der Waals surface area contributed by atoms with Crippen molar-refractivity contribution in [3.8, 4) is 0 Å². The summed E-state index contributed by atoms with van der Waals surface area (Å²) in [7, 11) is 0. The number of aliphatic hydroxyl groups is 1. The van der Waals surface area contributed by atoms with Gasteiger partial charge in [-0.3, -0.25) is 9.59 Å². The highest BCUT2D eigenvalue weighted by Gasteiger charge is 2.35. The molecule has 0 aliphatic carbocycles. The fourth-order valence-electron chi connectivity index (χ4n) is 5.45. The van der Waals surface area contributed by atoms with Gasteiger partial charge in [0.15, 0.2) is 6.10 Å². The summed E-state index contributed by atoms with van der Waals surface area (Å²) in [5, 5.41) is 9.54. The summed E-state index contributed by atoms with van der Waals surface area (Å²) in [5.41, 5.74) is 0. The lowest BCUT2D eigenvalue weighted by Crippen LogP contribution is -2.28. The van der Waals surface area contributed by atoms with Gasteiger partial charge in [0.05, 0.1) is 18.8 Å². The van der Waals surface area contributed by atoms with E-state index < -0.39 is 6.10 Å². The molecule has 1 heterocycles. The first-order valence-electron chi connectivity index (χ1n) is 19.1. The largest absolute Gasteiger partial charge is 0.462 e. The van der Waals surface area contributed by atoms with Crippen LogP contribution in [0.15, 0.2) is 36.5 Å². The summed E-state index contributed by atoms with van der Waals surface area (Å²) in [5.74, 6) is 0.211. The summed E-state index contributed by atoms with van der Waals surface area (Å²) < 4.78 is 16.3. The van der Waals surface area contributed by atoms with Crippen LogP contribution >= 0.6 is 0 Å². The Bertz CT molecular complexity index is 819. The number of ether oxygens (including phenoxy) is 3. The molecule has 1 aliphatic rings. The van der Waals surface area contributed by atoms with Crippen molar-refractivity contribution in [3.63, 3.8) is 0 Å². The van der Waals surface area contributed by atoms with Gasteiger partial charge in [-0.15, -0.1) is 0 Å². The molecule has 4 atom stereocenters. The number of epoxide rings is 1. The van der Waals surface area contributed by atoms with Gasteiger partial charge in [0.1, 0.15) is 6.61 Å². The van der Waals surface area contributed by atoms with E-state index in [-0.39, 0.29) is 31.6 Å². The van der Waals surface area contributed by atoms with Crippen molar-refractivity contribution in [1.82, 2.24) is 0 Å². The third-order valence-electron chi connectivity index (χ3n) is 8.88. The van der Waals surface area contributed by atoms with Gasteiger partial charge in [-0.05, 0) is 57.3 Å². The number of hydrogen-bond donors (Lipinski definition) is 1. The summed E-state index contributed by atoms with van der Waals surface area (Å²) in [6, 6.07) is 0. The predicted octanol–water partition coefficient (Wildman–Crippen LogP) is 10.5. The summed E-state index contributed by atoms with van der Waals surface area (Å²) in [6.07, 6.45) is 38.0. The highest BCUT2D eigenvalue weighted by molar-refractivity contribution is 5.70. The summed E-state index contributed by atoms with van der Waals surface area (Å²) in [4.78, 5) is 24.2. The van der Waals surface area contributed by atoms with E-state index in [0.717, 1.165) is 50.9 Å². The lowest BCUT2D eigenvalue weighted by atomic mass is 9.99. The number of allylic oxidation sites excluding steroid dienone is 4. The van der Waals surface area contributed by atoms with E-state index in [2.05, 4.69) is 57.2 Å². The van der Waals surface area contributed by atoms with E-state index in [1.807, 2.05) is 0 Å². The van der Waals surface area contributed by atoms with Gasteiger partial charge in [0.25, 0.3) is 0 Å². The second kappa shape index (κ2) is 30.4. The Balaban J connectivity index is 1.94. The minimum absolute atomic E-state index is 0.0902. The molecule has 0 aromatic rings. The molecular weight excluding hydrogens is 576 g/mol. The molecular formula is C40H70O6. The molecule has 46 heavy (non-hydrogen) atoms. The van der Waals surface area contributed by atoms with E-state index in [0.29, 0.717) is 25.0 Å². The van der Waals surface area contributed by atoms with Gasteiger partial charge in [-0.25, -0.2) is 0 Å². The molecule has 1 N–H and O–H groups in total. The smallest absolute Gasteiger partial charge is 0.306 e.